The predicted molar refractivity (Wildman–Crippen MR) is 34.9 cm³/mol. The van der Waals surface area contributed by atoms with Gasteiger partial charge in [-0.2, -0.15) is 0 Å². The lowest BCUT2D eigenvalue weighted by atomic mass is 10.0. The van der Waals surface area contributed by atoms with Crippen LogP contribution in [0.2, 0.25) is 0 Å². The summed E-state index contributed by atoms with van der Waals surface area (Å²) in [4.78, 5) is 0. The van der Waals surface area contributed by atoms with Gasteiger partial charge in [0.1, 0.15) is 0 Å². The van der Waals surface area contributed by atoms with Gasteiger partial charge in [0.15, 0.2) is 0 Å². The zero-order chi connectivity index (χ0) is 6.85. The van der Waals surface area contributed by atoms with Gasteiger partial charge >= 0.3 is 0 Å². The molecule has 0 saturated heterocycles. The largest absolute Gasteiger partial charge is 0.393 e. The minimum Gasteiger partial charge on any atom is -0.393 e. The van der Waals surface area contributed by atoms with Crippen molar-refractivity contribution in [3.05, 3.63) is 12.2 Å². The molecule has 2 nitrogen and oxygen atoms in total. The van der Waals surface area contributed by atoms with E-state index in [1.807, 2.05) is 12.2 Å². The van der Waals surface area contributed by atoms with Crippen LogP contribution in [0.5, 0.6) is 0 Å². The topological polar surface area (TPSA) is 40.5 Å². The van der Waals surface area contributed by atoms with E-state index in [1.54, 1.807) is 6.92 Å². The van der Waals surface area contributed by atoms with Crippen molar-refractivity contribution in [1.82, 2.24) is 0 Å². The summed E-state index contributed by atoms with van der Waals surface area (Å²) >= 11 is 0. The van der Waals surface area contributed by atoms with Crippen LogP contribution in [0, 0.1) is 5.92 Å². The smallest absolute Gasteiger partial charge is 0.0661 e. The fourth-order valence-electron chi connectivity index (χ4n) is 1.14. The van der Waals surface area contributed by atoms with Gasteiger partial charge in [0.2, 0.25) is 0 Å². The average Bonchev–Trinajstić information content (AvgIpc) is 2.13. The Morgan fingerprint density at radius 2 is 2.33 bits per heavy atom. The molecule has 0 aliphatic heterocycles. The van der Waals surface area contributed by atoms with Gasteiger partial charge in [-0.15, -0.1) is 0 Å². The monoisotopic (exact) mass is 128 g/mol. The van der Waals surface area contributed by atoms with Crippen molar-refractivity contribution in [2.75, 3.05) is 0 Å². The maximum atomic E-state index is 9.14. The van der Waals surface area contributed by atoms with Crippen LogP contribution in [-0.2, 0) is 0 Å². The lowest BCUT2D eigenvalue weighted by Crippen LogP contribution is -2.24. The summed E-state index contributed by atoms with van der Waals surface area (Å²) in [5.41, 5.74) is 0. The molecular formula is C7H12O2. The zero-order valence-electron chi connectivity index (χ0n) is 5.49. The second-order valence-electron chi connectivity index (χ2n) is 2.55. The summed E-state index contributed by atoms with van der Waals surface area (Å²) in [5, 5.41) is 18.1. The van der Waals surface area contributed by atoms with Crippen LogP contribution < -0.4 is 0 Å². The standard InChI is InChI=1S/C7H12O2/c1-5(8)6-3-2-4-7(6)9/h2-3,5-9H,4H2,1H3. The van der Waals surface area contributed by atoms with E-state index in [0.717, 1.165) is 0 Å². The van der Waals surface area contributed by atoms with Gasteiger partial charge in [-0.25, -0.2) is 0 Å². The SMILES string of the molecule is CC(O)C1C=CCC1O. The van der Waals surface area contributed by atoms with Gasteiger partial charge in [0, 0.05) is 5.92 Å². The van der Waals surface area contributed by atoms with Crippen molar-refractivity contribution in [1.29, 1.82) is 0 Å². The average molecular weight is 128 g/mol. The normalized spacial score (nSPS) is 37.2. The Labute approximate surface area is 54.8 Å². The van der Waals surface area contributed by atoms with Gasteiger partial charge in [-0.1, -0.05) is 12.2 Å². The minimum absolute atomic E-state index is 0.0370. The first-order valence-electron chi connectivity index (χ1n) is 3.24. The number of hydrogen-bond acceptors (Lipinski definition) is 2. The number of aliphatic hydroxyl groups is 2. The molecule has 9 heavy (non-hydrogen) atoms. The van der Waals surface area contributed by atoms with Crippen LogP contribution in [0.25, 0.3) is 0 Å². The van der Waals surface area contributed by atoms with E-state index in [2.05, 4.69) is 0 Å². The van der Waals surface area contributed by atoms with E-state index in [1.165, 1.54) is 0 Å². The van der Waals surface area contributed by atoms with Crippen LogP contribution >= 0.6 is 0 Å². The first-order chi connectivity index (χ1) is 4.22. The molecule has 0 amide bonds. The molecule has 0 aromatic heterocycles. The van der Waals surface area contributed by atoms with E-state index in [-0.39, 0.29) is 12.0 Å². The summed E-state index contributed by atoms with van der Waals surface area (Å²) in [5.74, 6) is -0.0370. The molecule has 0 aromatic rings. The molecule has 2 N–H and O–H groups in total. The molecule has 0 fully saturated rings. The molecule has 0 aromatic carbocycles. The molecule has 3 unspecified atom stereocenters. The lowest BCUT2D eigenvalue weighted by Gasteiger charge is -2.15. The van der Waals surface area contributed by atoms with E-state index >= 15 is 0 Å². The highest BCUT2D eigenvalue weighted by molar-refractivity contribution is 5.03. The number of hydrogen-bond donors (Lipinski definition) is 2. The quantitative estimate of drug-likeness (QED) is 0.499. The summed E-state index contributed by atoms with van der Waals surface area (Å²) in [6, 6.07) is 0. The Kier molecular flexibility index (Phi) is 1.88. The van der Waals surface area contributed by atoms with Crippen molar-refractivity contribution in [3.8, 4) is 0 Å². The zero-order valence-corrected chi connectivity index (χ0v) is 5.49. The molecule has 52 valence electrons. The highest BCUT2D eigenvalue weighted by atomic mass is 16.3. The third-order valence-corrected chi connectivity index (χ3v) is 1.74. The first-order valence-corrected chi connectivity index (χ1v) is 3.24. The van der Waals surface area contributed by atoms with Gasteiger partial charge in [0.25, 0.3) is 0 Å². The molecule has 0 bridgehead atoms. The molecule has 1 aliphatic carbocycles. The highest BCUT2D eigenvalue weighted by Crippen LogP contribution is 2.20. The minimum atomic E-state index is -0.418. The molecule has 1 aliphatic rings. The fourth-order valence-corrected chi connectivity index (χ4v) is 1.14. The molecule has 2 heteroatoms. The van der Waals surface area contributed by atoms with Gasteiger partial charge in [0.05, 0.1) is 12.2 Å². The second-order valence-corrected chi connectivity index (χ2v) is 2.55. The molecule has 0 heterocycles. The predicted octanol–water partition coefficient (Wildman–Crippen LogP) is 0.304. The van der Waals surface area contributed by atoms with Gasteiger partial charge < -0.3 is 10.2 Å². The van der Waals surface area contributed by atoms with Crippen LogP contribution in [0.4, 0.5) is 0 Å². The second kappa shape index (κ2) is 2.50. The Morgan fingerprint density at radius 1 is 1.67 bits per heavy atom. The van der Waals surface area contributed by atoms with E-state index in [4.69, 9.17) is 10.2 Å². The highest BCUT2D eigenvalue weighted by Gasteiger charge is 2.23. The Bertz CT molecular complexity index is 118. The molecule has 3 atom stereocenters. The maximum Gasteiger partial charge on any atom is 0.0661 e. The molecule has 1 rings (SSSR count). The Morgan fingerprint density at radius 3 is 2.56 bits per heavy atom. The third-order valence-electron chi connectivity index (χ3n) is 1.74. The Hall–Kier alpha value is -0.340. The number of aliphatic hydroxyl groups excluding tert-OH is 2. The van der Waals surface area contributed by atoms with Crippen LogP contribution in [0.3, 0.4) is 0 Å². The summed E-state index contributed by atoms with van der Waals surface area (Å²) in [7, 11) is 0. The van der Waals surface area contributed by atoms with Crippen LogP contribution in [-0.4, -0.2) is 22.4 Å². The molecule has 0 saturated carbocycles. The summed E-state index contributed by atoms with van der Waals surface area (Å²) in [6.07, 6.45) is 3.69. The summed E-state index contributed by atoms with van der Waals surface area (Å²) < 4.78 is 0. The molecular weight excluding hydrogens is 116 g/mol. The molecule has 0 radical (unpaired) electrons. The van der Waals surface area contributed by atoms with E-state index < -0.39 is 6.10 Å². The summed E-state index contributed by atoms with van der Waals surface area (Å²) in [6.45, 7) is 1.70. The number of rotatable bonds is 1. The first kappa shape index (κ1) is 6.78. The van der Waals surface area contributed by atoms with E-state index in [9.17, 15) is 0 Å². The lowest BCUT2D eigenvalue weighted by molar-refractivity contribution is 0.0567. The van der Waals surface area contributed by atoms with Gasteiger partial charge in [-0.3, -0.25) is 0 Å². The molecule has 0 spiro atoms. The van der Waals surface area contributed by atoms with Gasteiger partial charge in [-0.05, 0) is 13.3 Å². The third kappa shape index (κ3) is 1.32. The van der Waals surface area contributed by atoms with Crippen molar-refractivity contribution < 1.29 is 10.2 Å². The Balaban J connectivity index is 2.49. The van der Waals surface area contributed by atoms with Crippen molar-refractivity contribution >= 4 is 0 Å². The fraction of sp³-hybridized carbons (Fsp3) is 0.714. The van der Waals surface area contributed by atoms with E-state index in [0.29, 0.717) is 6.42 Å². The van der Waals surface area contributed by atoms with Crippen molar-refractivity contribution in [2.24, 2.45) is 5.92 Å². The van der Waals surface area contributed by atoms with Crippen LogP contribution in [0.1, 0.15) is 13.3 Å². The van der Waals surface area contributed by atoms with Crippen molar-refractivity contribution in [2.45, 2.75) is 25.6 Å². The van der Waals surface area contributed by atoms with Crippen molar-refractivity contribution in [3.63, 3.8) is 0 Å². The van der Waals surface area contributed by atoms with Crippen LogP contribution in [0.15, 0.2) is 12.2 Å². The maximum absolute atomic E-state index is 9.14.